The lowest BCUT2D eigenvalue weighted by atomic mass is 10.3. The summed E-state index contributed by atoms with van der Waals surface area (Å²) in [7, 11) is 0. The molecule has 1 aliphatic rings. The molecular formula is C7HF3N4O. The second-order valence-corrected chi connectivity index (χ2v) is 2.41. The Morgan fingerprint density at radius 1 is 1.20 bits per heavy atom. The van der Waals surface area contributed by atoms with Gasteiger partial charge in [0.2, 0.25) is 6.17 Å². The highest BCUT2D eigenvalue weighted by Gasteiger charge is 2.45. The van der Waals surface area contributed by atoms with Crippen molar-refractivity contribution in [2.75, 3.05) is 0 Å². The van der Waals surface area contributed by atoms with E-state index in [1.54, 1.807) is 0 Å². The van der Waals surface area contributed by atoms with Gasteiger partial charge in [0, 0.05) is 0 Å². The first kappa shape index (κ1) is 10.9. The van der Waals surface area contributed by atoms with Crippen LogP contribution >= 0.6 is 0 Å². The molecule has 0 aromatic rings. The summed E-state index contributed by atoms with van der Waals surface area (Å²) in [6.07, 6.45) is -7.13. The Balaban J connectivity index is 3.03. The number of nitriles is 2. The number of hydrogen-bond acceptors (Lipinski definition) is 5. The number of nitrogens with zero attached hydrogens (tertiary/aromatic N) is 4. The Labute approximate surface area is 81.2 Å². The molecule has 0 unspecified atom stereocenters. The van der Waals surface area contributed by atoms with Crippen LogP contribution in [0.25, 0.3) is 0 Å². The monoisotopic (exact) mass is 214 g/mol. The first-order valence-electron chi connectivity index (χ1n) is 3.47. The van der Waals surface area contributed by atoms with E-state index in [0.717, 1.165) is 0 Å². The molecule has 15 heavy (non-hydrogen) atoms. The predicted molar refractivity (Wildman–Crippen MR) is 40.9 cm³/mol. The minimum absolute atomic E-state index is 0.555. The summed E-state index contributed by atoms with van der Waals surface area (Å²) >= 11 is 0. The van der Waals surface area contributed by atoms with E-state index in [1.165, 1.54) is 12.1 Å². The molecule has 8 heteroatoms. The second kappa shape index (κ2) is 3.50. The van der Waals surface area contributed by atoms with Gasteiger partial charge in [-0.1, -0.05) is 0 Å². The molecular weight excluding hydrogens is 213 g/mol. The minimum Gasteiger partial charge on any atom is -0.285 e. The third-order valence-corrected chi connectivity index (χ3v) is 1.45. The van der Waals surface area contributed by atoms with Crippen LogP contribution in [0.4, 0.5) is 13.2 Å². The van der Waals surface area contributed by atoms with E-state index >= 15 is 0 Å². The molecule has 0 radical (unpaired) electrons. The number of rotatable bonds is 1. The normalized spacial score (nSPS) is 16.3. The van der Waals surface area contributed by atoms with Gasteiger partial charge in [-0.25, -0.2) is 9.98 Å². The van der Waals surface area contributed by atoms with Crippen molar-refractivity contribution in [3.05, 3.63) is 0 Å². The van der Waals surface area contributed by atoms with Crippen molar-refractivity contribution in [3.63, 3.8) is 0 Å². The van der Waals surface area contributed by atoms with Gasteiger partial charge in [0.15, 0.2) is 11.4 Å². The highest BCUT2D eigenvalue weighted by atomic mass is 19.4. The SMILES string of the molecule is N#CC1=NC(C(=O)C(F)(F)F)N=C1C#N. The molecule has 1 rings (SSSR count). The van der Waals surface area contributed by atoms with Crippen molar-refractivity contribution >= 4 is 17.2 Å². The van der Waals surface area contributed by atoms with Gasteiger partial charge in [0.05, 0.1) is 0 Å². The van der Waals surface area contributed by atoms with Gasteiger partial charge in [0.25, 0.3) is 5.78 Å². The Hall–Kier alpha value is -2.22. The Kier molecular flexibility index (Phi) is 2.53. The molecule has 0 aromatic carbocycles. The van der Waals surface area contributed by atoms with E-state index in [-0.39, 0.29) is 0 Å². The average Bonchev–Trinajstić information content (AvgIpc) is 2.57. The molecule has 0 aliphatic carbocycles. The van der Waals surface area contributed by atoms with Gasteiger partial charge in [-0.2, -0.15) is 23.7 Å². The van der Waals surface area contributed by atoms with Crippen LogP contribution in [0.5, 0.6) is 0 Å². The first-order valence-corrected chi connectivity index (χ1v) is 3.47. The molecule has 0 bridgehead atoms. The van der Waals surface area contributed by atoms with Gasteiger partial charge < -0.3 is 0 Å². The van der Waals surface area contributed by atoms with E-state index in [4.69, 9.17) is 10.5 Å². The highest BCUT2D eigenvalue weighted by Crippen LogP contribution is 2.21. The van der Waals surface area contributed by atoms with Crippen LogP contribution in [0.2, 0.25) is 0 Å². The van der Waals surface area contributed by atoms with E-state index in [2.05, 4.69) is 9.98 Å². The maximum atomic E-state index is 11.9. The lowest BCUT2D eigenvalue weighted by molar-refractivity contribution is -0.172. The third-order valence-electron chi connectivity index (χ3n) is 1.45. The number of halogens is 3. The van der Waals surface area contributed by atoms with Crippen molar-refractivity contribution in [3.8, 4) is 12.1 Å². The van der Waals surface area contributed by atoms with Crippen LogP contribution in [0, 0.1) is 22.7 Å². The van der Waals surface area contributed by atoms with Crippen molar-refractivity contribution in [2.45, 2.75) is 12.3 Å². The van der Waals surface area contributed by atoms with Crippen molar-refractivity contribution in [1.82, 2.24) is 0 Å². The topological polar surface area (TPSA) is 89.4 Å². The zero-order valence-electron chi connectivity index (χ0n) is 6.91. The number of aliphatic imine (C=N–C) groups is 2. The molecule has 1 heterocycles. The average molecular weight is 214 g/mol. The number of ketones is 1. The molecule has 0 saturated heterocycles. The predicted octanol–water partition coefficient (Wildman–Crippen LogP) is 0.387. The quantitative estimate of drug-likeness (QED) is 0.632. The van der Waals surface area contributed by atoms with Gasteiger partial charge in [-0.15, -0.1) is 0 Å². The van der Waals surface area contributed by atoms with Crippen LogP contribution in [0.15, 0.2) is 9.98 Å². The summed E-state index contributed by atoms with van der Waals surface area (Å²) in [6, 6.07) is 2.76. The van der Waals surface area contributed by atoms with Gasteiger partial charge in [-0.3, -0.25) is 4.79 Å². The largest absolute Gasteiger partial charge is 0.454 e. The maximum Gasteiger partial charge on any atom is 0.454 e. The van der Waals surface area contributed by atoms with Crippen molar-refractivity contribution < 1.29 is 18.0 Å². The van der Waals surface area contributed by atoms with E-state index in [1.807, 2.05) is 0 Å². The fourth-order valence-electron chi connectivity index (χ4n) is 0.823. The highest BCUT2D eigenvalue weighted by molar-refractivity contribution is 6.54. The first-order chi connectivity index (χ1) is 6.90. The van der Waals surface area contributed by atoms with Gasteiger partial charge in [-0.05, 0) is 0 Å². The van der Waals surface area contributed by atoms with Crippen LogP contribution in [-0.4, -0.2) is 29.5 Å². The molecule has 5 nitrogen and oxygen atoms in total. The lowest BCUT2D eigenvalue weighted by Crippen LogP contribution is -2.31. The minimum atomic E-state index is -5.08. The van der Waals surface area contributed by atoms with Crippen LogP contribution in [0.1, 0.15) is 0 Å². The summed E-state index contributed by atoms with van der Waals surface area (Å²) in [4.78, 5) is 16.8. The van der Waals surface area contributed by atoms with Crippen molar-refractivity contribution in [1.29, 1.82) is 10.5 Å². The van der Waals surface area contributed by atoms with E-state index in [0.29, 0.717) is 0 Å². The Morgan fingerprint density at radius 3 is 1.87 bits per heavy atom. The molecule has 0 fully saturated rings. The van der Waals surface area contributed by atoms with Crippen LogP contribution in [0.3, 0.4) is 0 Å². The van der Waals surface area contributed by atoms with Gasteiger partial charge in [0.1, 0.15) is 12.1 Å². The smallest absolute Gasteiger partial charge is 0.285 e. The zero-order chi connectivity index (χ0) is 11.6. The molecule has 0 amide bonds. The van der Waals surface area contributed by atoms with Crippen molar-refractivity contribution in [2.24, 2.45) is 9.98 Å². The number of Topliss-reactive ketones (excluding diaryl/α,β-unsaturated/α-hetero) is 1. The summed E-state index contributed by atoms with van der Waals surface area (Å²) in [5, 5.41) is 16.7. The molecule has 1 aliphatic heterocycles. The lowest BCUT2D eigenvalue weighted by Gasteiger charge is -2.05. The van der Waals surface area contributed by atoms with Crippen LogP contribution in [-0.2, 0) is 4.79 Å². The molecule has 0 spiro atoms. The standard InChI is InChI=1S/C7HF3N4O/c8-7(9,10)5(15)6-13-3(1-11)4(2-12)14-6/h6H. The summed E-state index contributed by atoms with van der Waals surface area (Å²) in [5.74, 6) is -2.19. The summed E-state index contributed by atoms with van der Waals surface area (Å²) in [5.41, 5.74) is -1.11. The summed E-state index contributed by atoms with van der Waals surface area (Å²) < 4.78 is 35.7. The fraction of sp³-hybridized carbons (Fsp3) is 0.286. The molecule has 0 atom stereocenters. The number of carbonyl (C=O) groups is 1. The van der Waals surface area contributed by atoms with E-state index in [9.17, 15) is 18.0 Å². The number of alkyl halides is 3. The number of hydrogen-bond donors (Lipinski definition) is 0. The second-order valence-electron chi connectivity index (χ2n) is 2.41. The third kappa shape index (κ3) is 1.99. The fourth-order valence-corrected chi connectivity index (χ4v) is 0.823. The zero-order valence-corrected chi connectivity index (χ0v) is 6.91. The Bertz CT molecular complexity index is 418. The Morgan fingerprint density at radius 2 is 1.60 bits per heavy atom. The molecule has 0 N–H and O–H groups in total. The summed E-state index contributed by atoms with van der Waals surface area (Å²) in [6.45, 7) is 0. The number of carbonyl (C=O) groups excluding carboxylic acids is 1. The molecule has 0 saturated carbocycles. The molecule has 0 aromatic heterocycles. The van der Waals surface area contributed by atoms with E-state index < -0.39 is 29.5 Å². The van der Waals surface area contributed by atoms with Gasteiger partial charge >= 0.3 is 6.18 Å². The molecule has 76 valence electrons. The van der Waals surface area contributed by atoms with Crippen LogP contribution < -0.4 is 0 Å². The maximum absolute atomic E-state index is 11.9.